The monoisotopic (exact) mass is 474 g/mol. The van der Waals surface area contributed by atoms with Crippen molar-refractivity contribution < 1.29 is 0 Å². The van der Waals surface area contributed by atoms with E-state index in [1.54, 1.807) is 0 Å². The standard InChI is InChI=1S/C28H47ClN4/c1-20(2)32(21(3)4)17-9-11-25(12-10-18-33(22(5)6)23(7)8)31-27-15-16-30-28-19-24(29)13-14-26(27)28/h13-16,19-23,25H,9-12,17-18H2,1-8H3,(H,30,31). The van der Waals surface area contributed by atoms with Gasteiger partial charge in [0.05, 0.1) is 5.52 Å². The Balaban J connectivity index is 2.11. The lowest BCUT2D eigenvalue weighted by Gasteiger charge is -2.32. The first-order valence-corrected chi connectivity index (χ1v) is 13.3. The van der Waals surface area contributed by atoms with Crippen molar-refractivity contribution in [2.24, 2.45) is 0 Å². The van der Waals surface area contributed by atoms with Crippen LogP contribution in [0.2, 0.25) is 5.02 Å². The van der Waals surface area contributed by atoms with Crippen molar-refractivity contribution in [2.45, 2.75) is 111 Å². The number of anilines is 1. The molecule has 0 aliphatic carbocycles. The van der Waals surface area contributed by atoms with Gasteiger partial charge < -0.3 is 5.32 Å². The fourth-order valence-corrected chi connectivity index (χ4v) is 5.19. The van der Waals surface area contributed by atoms with Crippen LogP contribution >= 0.6 is 11.6 Å². The first kappa shape index (κ1) is 27.9. The highest BCUT2D eigenvalue weighted by Crippen LogP contribution is 2.26. The molecule has 0 atom stereocenters. The van der Waals surface area contributed by atoms with E-state index in [4.69, 9.17) is 11.6 Å². The van der Waals surface area contributed by atoms with Crippen LogP contribution in [0.3, 0.4) is 0 Å². The summed E-state index contributed by atoms with van der Waals surface area (Å²) in [6.45, 7) is 20.7. The molecule has 0 unspecified atom stereocenters. The van der Waals surface area contributed by atoms with Gasteiger partial charge in [0.15, 0.2) is 0 Å². The molecule has 1 aromatic heterocycles. The maximum absolute atomic E-state index is 6.21. The van der Waals surface area contributed by atoms with Gasteiger partial charge in [-0.2, -0.15) is 0 Å². The predicted octanol–water partition coefficient (Wildman–Crippen LogP) is 7.47. The van der Waals surface area contributed by atoms with Gasteiger partial charge in [0.1, 0.15) is 0 Å². The Hall–Kier alpha value is -1.36. The summed E-state index contributed by atoms with van der Waals surface area (Å²) >= 11 is 6.21. The molecule has 1 N–H and O–H groups in total. The largest absolute Gasteiger partial charge is 0.382 e. The molecule has 1 aromatic carbocycles. The molecule has 0 saturated carbocycles. The van der Waals surface area contributed by atoms with Gasteiger partial charge in [-0.05, 0) is 118 Å². The molecule has 0 radical (unpaired) electrons. The summed E-state index contributed by atoms with van der Waals surface area (Å²) in [7, 11) is 0. The van der Waals surface area contributed by atoms with Gasteiger partial charge in [0, 0.05) is 52.5 Å². The van der Waals surface area contributed by atoms with Crippen LogP contribution < -0.4 is 5.32 Å². The van der Waals surface area contributed by atoms with Crippen LogP contribution in [-0.4, -0.2) is 58.1 Å². The Labute approximate surface area is 208 Å². The Morgan fingerprint density at radius 1 is 0.788 bits per heavy atom. The normalized spacial score (nSPS) is 12.6. The molecule has 0 bridgehead atoms. The minimum absolute atomic E-state index is 0.439. The summed E-state index contributed by atoms with van der Waals surface area (Å²) in [5.74, 6) is 0. The first-order valence-electron chi connectivity index (χ1n) is 12.9. The van der Waals surface area contributed by atoms with Crippen LogP contribution in [0.1, 0.15) is 81.1 Å². The number of halogens is 1. The zero-order valence-electron chi connectivity index (χ0n) is 22.2. The maximum Gasteiger partial charge on any atom is 0.0737 e. The molecular formula is C28H47ClN4. The second-order valence-electron chi connectivity index (χ2n) is 10.5. The molecule has 4 nitrogen and oxygen atoms in total. The van der Waals surface area contributed by atoms with Gasteiger partial charge in [-0.3, -0.25) is 14.8 Å². The van der Waals surface area contributed by atoms with Crippen molar-refractivity contribution in [2.75, 3.05) is 18.4 Å². The van der Waals surface area contributed by atoms with Crippen molar-refractivity contribution >= 4 is 28.2 Å². The Morgan fingerprint density at radius 3 is 1.79 bits per heavy atom. The number of benzene rings is 1. The number of pyridine rings is 1. The van der Waals surface area contributed by atoms with Crippen molar-refractivity contribution in [1.82, 2.24) is 14.8 Å². The van der Waals surface area contributed by atoms with Gasteiger partial charge in [-0.15, -0.1) is 0 Å². The smallest absolute Gasteiger partial charge is 0.0737 e. The second kappa shape index (κ2) is 13.5. The van der Waals surface area contributed by atoms with E-state index in [0.717, 1.165) is 47.5 Å². The lowest BCUT2D eigenvalue weighted by atomic mass is 10.0. The van der Waals surface area contributed by atoms with Gasteiger partial charge in [-0.25, -0.2) is 0 Å². The molecular weight excluding hydrogens is 428 g/mol. The van der Waals surface area contributed by atoms with Crippen LogP contribution in [0, 0.1) is 0 Å². The third kappa shape index (κ3) is 8.73. The Morgan fingerprint density at radius 2 is 1.30 bits per heavy atom. The van der Waals surface area contributed by atoms with Crippen LogP contribution in [0.25, 0.3) is 10.9 Å². The highest BCUT2D eigenvalue weighted by atomic mass is 35.5. The first-order chi connectivity index (χ1) is 15.6. The number of aromatic nitrogens is 1. The number of fused-ring (bicyclic) bond motifs is 1. The molecule has 0 aliphatic rings. The minimum atomic E-state index is 0.439. The molecule has 0 fully saturated rings. The summed E-state index contributed by atoms with van der Waals surface area (Å²) in [5, 5.41) is 5.76. The highest BCUT2D eigenvalue weighted by Gasteiger charge is 2.17. The van der Waals surface area contributed by atoms with Gasteiger partial charge in [-0.1, -0.05) is 11.6 Å². The van der Waals surface area contributed by atoms with E-state index in [2.05, 4.69) is 87.6 Å². The van der Waals surface area contributed by atoms with Gasteiger partial charge >= 0.3 is 0 Å². The third-order valence-electron chi connectivity index (χ3n) is 6.66. The number of hydrogen-bond donors (Lipinski definition) is 1. The molecule has 0 aliphatic heterocycles. The van der Waals surface area contributed by atoms with E-state index in [9.17, 15) is 0 Å². The molecule has 0 saturated heterocycles. The second-order valence-corrected chi connectivity index (χ2v) is 10.9. The fraction of sp³-hybridized carbons (Fsp3) is 0.679. The molecule has 5 heteroatoms. The number of nitrogens with one attached hydrogen (secondary N) is 1. The van der Waals surface area contributed by atoms with Crippen LogP contribution in [-0.2, 0) is 0 Å². The van der Waals surface area contributed by atoms with E-state index in [1.165, 1.54) is 12.8 Å². The third-order valence-corrected chi connectivity index (χ3v) is 6.89. The van der Waals surface area contributed by atoms with Gasteiger partial charge in [0.2, 0.25) is 0 Å². The van der Waals surface area contributed by atoms with Crippen LogP contribution in [0.15, 0.2) is 30.5 Å². The molecule has 1 heterocycles. The quantitative estimate of drug-likeness (QED) is 0.307. The Bertz CT molecular complexity index is 792. The van der Waals surface area contributed by atoms with Crippen molar-refractivity contribution in [3.05, 3.63) is 35.5 Å². The van der Waals surface area contributed by atoms with Crippen molar-refractivity contribution in [3.63, 3.8) is 0 Å². The van der Waals surface area contributed by atoms with E-state index in [-0.39, 0.29) is 0 Å². The Kier molecular flexibility index (Phi) is 11.4. The zero-order chi connectivity index (χ0) is 24.5. The molecule has 33 heavy (non-hydrogen) atoms. The number of rotatable bonds is 14. The minimum Gasteiger partial charge on any atom is -0.382 e. The summed E-state index contributed by atoms with van der Waals surface area (Å²) in [6, 6.07) is 10.9. The van der Waals surface area contributed by atoms with Gasteiger partial charge in [0.25, 0.3) is 0 Å². The maximum atomic E-state index is 6.21. The zero-order valence-corrected chi connectivity index (χ0v) is 23.0. The average molecular weight is 475 g/mol. The summed E-state index contributed by atoms with van der Waals surface area (Å²) in [5.41, 5.74) is 2.11. The molecule has 2 aromatic rings. The lowest BCUT2D eigenvalue weighted by molar-refractivity contribution is 0.166. The number of nitrogens with zero attached hydrogens (tertiary/aromatic N) is 3. The van der Waals surface area contributed by atoms with Crippen LogP contribution in [0.5, 0.6) is 0 Å². The van der Waals surface area contributed by atoms with Crippen LogP contribution in [0.4, 0.5) is 5.69 Å². The molecule has 186 valence electrons. The van der Waals surface area contributed by atoms with E-state index in [1.807, 2.05) is 18.3 Å². The summed E-state index contributed by atoms with van der Waals surface area (Å²) in [6.07, 6.45) is 6.60. The predicted molar refractivity (Wildman–Crippen MR) is 147 cm³/mol. The van der Waals surface area contributed by atoms with Crippen molar-refractivity contribution in [1.29, 1.82) is 0 Å². The summed E-state index contributed by atoms with van der Waals surface area (Å²) < 4.78 is 0. The topological polar surface area (TPSA) is 31.4 Å². The van der Waals surface area contributed by atoms with E-state index >= 15 is 0 Å². The van der Waals surface area contributed by atoms with E-state index in [0.29, 0.717) is 30.2 Å². The summed E-state index contributed by atoms with van der Waals surface area (Å²) in [4.78, 5) is 9.72. The lowest BCUT2D eigenvalue weighted by Crippen LogP contribution is -2.39. The van der Waals surface area contributed by atoms with E-state index < -0.39 is 0 Å². The molecule has 0 spiro atoms. The number of hydrogen-bond acceptors (Lipinski definition) is 4. The molecule has 0 amide bonds. The average Bonchev–Trinajstić information content (AvgIpc) is 2.72. The molecule has 2 rings (SSSR count). The SMILES string of the molecule is CC(C)N(CCCC(CCCN(C(C)C)C(C)C)Nc1ccnc2cc(Cl)ccc12)C(C)C. The van der Waals surface area contributed by atoms with Crippen molar-refractivity contribution in [3.8, 4) is 0 Å². The highest BCUT2D eigenvalue weighted by molar-refractivity contribution is 6.31. The fourth-order valence-electron chi connectivity index (χ4n) is 5.02.